The molecule has 0 atom stereocenters. The Labute approximate surface area is 89.4 Å². The fourth-order valence-corrected chi connectivity index (χ4v) is 1.51. The predicted octanol–water partition coefficient (Wildman–Crippen LogP) is 1.84. The van der Waals surface area contributed by atoms with Crippen LogP contribution in [0.1, 0.15) is 5.69 Å². The highest BCUT2D eigenvalue weighted by molar-refractivity contribution is 7.07. The fourth-order valence-electron chi connectivity index (χ4n) is 0.756. The van der Waals surface area contributed by atoms with Gasteiger partial charge in [0.25, 0.3) is 0 Å². The summed E-state index contributed by atoms with van der Waals surface area (Å²) in [4.78, 5) is 13.3. The second kappa shape index (κ2) is 5.44. The third-order valence-electron chi connectivity index (χ3n) is 1.30. The Kier molecular flexibility index (Phi) is 4.52. The summed E-state index contributed by atoms with van der Waals surface area (Å²) in [6.45, 7) is 1.09. The van der Waals surface area contributed by atoms with E-state index in [1.807, 2.05) is 0 Å². The number of H-pyrrole nitrogens is 1. The summed E-state index contributed by atoms with van der Waals surface area (Å²) in [5.41, 5.74) is 2.17. The number of aromatic nitrogens is 1. The van der Waals surface area contributed by atoms with Crippen LogP contribution < -0.4 is 10.2 Å². The van der Waals surface area contributed by atoms with Gasteiger partial charge in [-0.3, -0.25) is 4.79 Å². The summed E-state index contributed by atoms with van der Waals surface area (Å²) in [6.07, 6.45) is 0. The first-order chi connectivity index (χ1) is 6.22. The van der Waals surface area contributed by atoms with Gasteiger partial charge in [-0.1, -0.05) is 34.5 Å². The van der Waals surface area contributed by atoms with E-state index < -0.39 is 0 Å². The summed E-state index contributed by atoms with van der Waals surface area (Å²) in [7, 11) is 0. The van der Waals surface area contributed by atoms with Crippen LogP contribution in [0.2, 0.25) is 0 Å². The Morgan fingerprint density at radius 3 is 3.08 bits per heavy atom. The van der Waals surface area contributed by atoms with Crippen LogP contribution in [0.5, 0.6) is 0 Å². The first-order valence-electron chi connectivity index (χ1n) is 3.54. The van der Waals surface area contributed by atoms with Crippen LogP contribution >= 0.6 is 34.5 Å². The molecule has 1 aromatic rings. The maximum absolute atomic E-state index is 10.7. The molecular formula is C7H8Cl2N2OS. The number of rotatable bonds is 4. The van der Waals surface area contributed by atoms with Crippen molar-refractivity contribution in [1.29, 1.82) is 0 Å². The third kappa shape index (κ3) is 3.95. The third-order valence-corrected chi connectivity index (χ3v) is 2.63. The summed E-state index contributed by atoms with van der Waals surface area (Å²) in [6, 6.07) is 0. The van der Waals surface area contributed by atoms with Crippen LogP contribution in [0.3, 0.4) is 0 Å². The van der Waals surface area contributed by atoms with E-state index in [4.69, 9.17) is 23.2 Å². The maximum atomic E-state index is 10.7. The summed E-state index contributed by atoms with van der Waals surface area (Å²) < 4.78 is 0. The highest BCUT2D eigenvalue weighted by Crippen LogP contribution is 2.01. The smallest absolute Gasteiger partial charge is 0.304 e. The van der Waals surface area contributed by atoms with Gasteiger partial charge in [-0.25, -0.2) is 0 Å². The van der Waals surface area contributed by atoms with Crippen molar-refractivity contribution in [3.63, 3.8) is 0 Å². The van der Waals surface area contributed by atoms with Gasteiger partial charge < -0.3 is 10.3 Å². The topological polar surface area (TPSA) is 44.9 Å². The number of hydrogen-bond donors (Lipinski definition) is 2. The summed E-state index contributed by atoms with van der Waals surface area (Å²) in [5.74, 6) is 0. The minimum Gasteiger partial charge on any atom is -0.315 e. The molecule has 1 rings (SSSR count). The van der Waals surface area contributed by atoms with Gasteiger partial charge in [0.05, 0.1) is 0 Å². The van der Waals surface area contributed by atoms with Crippen molar-refractivity contribution >= 4 is 34.5 Å². The zero-order chi connectivity index (χ0) is 9.68. The van der Waals surface area contributed by atoms with Crippen molar-refractivity contribution < 1.29 is 0 Å². The van der Waals surface area contributed by atoms with E-state index >= 15 is 0 Å². The average Bonchev–Trinajstić information content (AvgIpc) is 2.51. The van der Waals surface area contributed by atoms with Crippen molar-refractivity contribution in [2.24, 2.45) is 0 Å². The van der Waals surface area contributed by atoms with Gasteiger partial charge in [0.1, 0.15) is 0 Å². The van der Waals surface area contributed by atoms with Crippen molar-refractivity contribution in [2.75, 3.05) is 6.54 Å². The Morgan fingerprint density at radius 2 is 2.54 bits per heavy atom. The zero-order valence-electron chi connectivity index (χ0n) is 6.64. The molecule has 0 saturated heterocycles. The molecule has 0 unspecified atom stereocenters. The van der Waals surface area contributed by atoms with Crippen LogP contribution in [-0.4, -0.2) is 11.5 Å². The standard InChI is InChI=1S/C7H8Cl2N2OS/c8-1-5(9)2-10-3-6-4-13-7(12)11-6/h1,4,10H,2-3H2,(H,11,12)/b5-1+. The monoisotopic (exact) mass is 238 g/mol. The van der Waals surface area contributed by atoms with E-state index in [0.717, 1.165) is 17.0 Å². The molecule has 3 nitrogen and oxygen atoms in total. The second-order valence-corrected chi connectivity index (χ2v) is 3.88. The van der Waals surface area contributed by atoms with Gasteiger partial charge in [0.15, 0.2) is 0 Å². The second-order valence-electron chi connectivity index (χ2n) is 2.33. The van der Waals surface area contributed by atoms with Gasteiger partial charge in [0, 0.05) is 34.7 Å². The van der Waals surface area contributed by atoms with E-state index in [9.17, 15) is 4.79 Å². The number of nitrogens with one attached hydrogen (secondary N) is 2. The molecule has 2 N–H and O–H groups in total. The molecule has 1 aromatic heterocycles. The molecule has 0 bridgehead atoms. The van der Waals surface area contributed by atoms with Crippen molar-refractivity contribution in [2.45, 2.75) is 6.54 Å². The molecule has 0 aliphatic heterocycles. The minimum atomic E-state index is -0.0456. The van der Waals surface area contributed by atoms with E-state index in [1.165, 1.54) is 5.54 Å². The molecule has 0 aliphatic rings. The average molecular weight is 239 g/mol. The molecule has 72 valence electrons. The van der Waals surface area contributed by atoms with Gasteiger partial charge in [-0.2, -0.15) is 0 Å². The molecule has 0 spiro atoms. The molecule has 0 saturated carbocycles. The minimum absolute atomic E-state index is 0.0456. The lowest BCUT2D eigenvalue weighted by atomic mass is 10.5. The molecule has 0 radical (unpaired) electrons. The number of halogens is 2. The van der Waals surface area contributed by atoms with E-state index in [1.54, 1.807) is 5.38 Å². The molecule has 0 aliphatic carbocycles. The fraction of sp³-hybridized carbons (Fsp3) is 0.286. The van der Waals surface area contributed by atoms with Gasteiger partial charge >= 0.3 is 4.87 Å². The van der Waals surface area contributed by atoms with Crippen molar-refractivity contribution in [1.82, 2.24) is 10.3 Å². The molecule has 6 heteroatoms. The molecular weight excluding hydrogens is 231 g/mol. The molecule has 13 heavy (non-hydrogen) atoms. The van der Waals surface area contributed by atoms with Crippen LogP contribution in [-0.2, 0) is 6.54 Å². The lowest BCUT2D eigenvalue weighted by Crippen LogP contribution is -2.15. The predicted molar refractivity (Wildman–Crippen MR) is 56.4 cm³/mol. The van der Waals surface area contributed by atoms with Crippen LogP contribution in [0.4, 0.5) is 0 Å². The summed E-state index contributed by atoms with van der Waals surface area (Å²) >= 11 is 12.1. The SMILES string of the molecule is O=c1[nH]c(CNC/C(Cl)=C\Cl)cs1. The van der Waals surface area contributed by atoms with E-state index in [-0.39, 0.29) is 4.87 Å². The zero-order valence-corrected chi connectivity index (χ0v) is 8.97. The Balaban J connectivity index is 2.32. The Hall–Kier alpha value is -0.290. The van der Waals surface area contributed by atoms with E-state index in [0.29, 0.717) is 18.1 Å². The van der Waals surface area contributed by atoms with Gasteiger partial charge in [-0.15, -0.1) is 0 Å². The quantitative estimate of drug-likeness (QED) is 0.842. The molecule has 0 fully saturated rings. The highest BCUT2D eigenvalue weighted by Gasteiger charge is 1.96. The molecule has 0 amide bonds. The van der Waals surface area contributed by atoms with Gasteiger partial charge in [-0.05, 0) is 0 Å². The largest absolute Gasteiger partial charge is 0.315 e. The highest BCUT2D eigenvalue weighted by atomic mass is 35.5. The molecule has 0 aromatic carbocycles. The van der Waals surface area contributed by atoms with Crippen LogP contribution in [0.15, 0.2) is 20.7 Å². The summed E-state index contributed by atoms with van der Waals surface area (Å²) in [5, 5.41) is 5.33. The Bertz CT molecular complexity index is 344. The number of hydrogen-bond acceptors (Lipinski definition) is 3. The normalized spacial score (nSPS) is 12.0. The lowest BCUT2D eigenvalue weighted by molar-refractivity contribution is 0.738. The Morgan fingerprint density at radius 1 is 1.77 bits per heavy atom. The lowest BCUT2D eigenvalue weighted by Gasteiger charge is -1.99. The maximum Gasteiger partial charge on any atom is 0.304 e. The van der Waals surface area contributed by atoms with Crippen LogP contribution in [0, 0.1) is 0 Å². The van der Waals surface area contributed by atoms with Crippen molar-refractivity contribution in [3.05, 3.63) is 31.3 Å². The van der Waals surface area contributed by atoms with E-state index in [2.05, 4.69) is 10.3 Å². The van der Waals surface area contributed by atoms with Crippen LogP contribution in [0.25, 0.3) is 0 Å². The van der Waals surface area contributed by atoms with Gasteiger partial charge in [0.2, 0.25) is 0 Å². The first kappa shape index (κ1) is 10.8. The number of aromatic amines is 1. The number of thiazole rings is 1. The van der Waals surface area contributed by atoms with Crippen molar-refractivity contribution in [3.8, 4) is 0 Å². The molecule has 1 heterocycles. The first-order valence-corrected chi connectivity index (χ1v) is 5.24.